The standard InChI is InChI=1S/C19H18N2O/c1-3-9-15(10-4-1)17-18(16-11-5-2-6-12-16)22-19(20-17)21-13-7-8-14-21/h1-6,9-12H,7-8,13-14H2. The van der Waals surface area contributed by atoms with Gasteiger partial charge in [-0.3, -0.25) is 0 Å². The second-order valence-corrected chi connectivity index (χ2v) is 5.60. The zero-order chi connectivity index (χ0) is 14.8. The summed E-state index contributed by atoms with van der Waals surface area (Å²) < 4.78 is 6.15. The van der Waals surface area contributed by atoms with Gasteiger partial charge in [0.25, 0.3) is 6.01 Å². The van der Waals surface area contributed by atoms with Gasteiger partial charge >= 0.3 is 0 Å². The minimum Gasteiger partial charge on any atom is -0.423 e. The normalized spacial score (nSPS) is 14.5. The fraction of sp³-hybridized carbons (Fsp3) is 0.211. The van der Waals surface area contributed by atoms with E-state index in [1.807, 2.05) is 36.4 Å². The highest BCUT2D eigenvalue weighted by Gasteiger charge is 2.22. The number of hydrogen-bond acceptors (Lipinski definition) is 3. The molecule has 1 saturated heterocycles. The molecule has 0 atom stereocenters. The van der Waals surface area contributed by atoms with Crippen LogP contribution in [0.1, 0.15) is 12.8 Å². The molecule has 1 fully saturated rings. The molecule has 0 bridgehead atoms. The van der Waals surface area contributed by atoms with Crippen LogP contribution in [0.25, 0.3) is 22.6 Å². The smallest absolute Gasteiger partial charge is 0.298 e. The van der Waals surface area contributed by atoms with Gasteiger partial charge in [0.1, 0.15) is 5.69 Å². The Balaban J connectivity index is 1.84. The van der Waals surface area contributed by atoms with Crippen LogP contribution in [0, 0.1) is 0 Å². The summed E-state index contributed by atoms with van der Waals surface area (Å²) in [5.74, 6) is 0.855. The molecule has 0 aliphatic carbocycles. The van der Waals surface area contributed by atoms with Crippen molar-refractivity contribution in [1.29, 1.82) is 0 Å². The van der Waals surface area contributed by atoms with Gasteiger partial charge in [-0.1, -0.05) is 60.7 Å². The molecular formula is C19H18N2O. The molecular weight excluding hydrogens is 272 g/mol. The maximum absolute atomic E-state index is 6.15. The molecule has 1 aromatic heterocycles. The summed E-state index contributed by atoms with van der Waals surface area (Å²) in [5, 5.41) is 0. The van der Waals surface area contributed by atoms with Gasteiger partial charge in [-0.2, -0.15) is 4.98 Å². The minimum absolute atomic E-state index is 0.746. The van der Waals surface area contributed by atoms with E-state index in [1.54, 1.807) is 0 Å². The van der Waals surface area contributed by atoms with Crippen LogP contribution in [0.5, 0.6) is 0 Å². The summed E-state index contributed by atoms with van der Waals surface area (Å²) in [6, 6.07) is 21.2. The van der Waals surface area contributed by atoms with Crippen molar-refractivity contribution < 1.29 is 4.42 Å². The maximum atomic E-state index is 6.15. The highest BCUT2D eigenvalue weighted by atomic mass is 16.4. The van der Waals surface area contributed by atoms with Gasteiger partial charge in [-0.15, -0.1) is 0 Å². The molecule has 0 saturated carbocycles. The summed E-state index contributed by atoms with van der Waals surface area (Å²) in [6.45, 7) is 2.06. The molecule has 2 heterocycles. The van der Waals surface area contributed by atoms with Crippen LogP contribution in [-0.4, -0.2) is 18.1 Å². The number of nitrogens with zero attached hydrogens (tertiary/aromatic N) is 2. The lowest BCUT2D eigenvalue weighted by atomic mass is 10.1. The van der Waals surface area contributed by atoms with Crippen LogP contribution < -0.4 is 4.90 Å². The molecule has 2 aromatic carbocycles. The third-order valence-electron chi connectivity index (χ3n) is 4.08. The molecule has 3 heteroatoms. The molecule has 0 amide bonds. The summed E-state index contributed by atoms with van der Waals surface area (Å²) in [5.41, 5.74) is 3.09. The Morgan fingerprint density at radius 1 is 0.773 bits per heavy atom. The monoisotopic (exact) mass is 290 g/mol. The third-order valence-corrected chi connectivity index (χ3v) is 4.08. The summed E-state index contributed by atoms with van der Waals surface area (Å²) >= 11 is 0. The number of rotatable bonds is 3. The summed E-state index contributed by atoms with van der Waals surface area (Å²) in [4.78, 5) is 7.03. The Kier molecular flexibility index (Phi) is 3.39. The first kappa shape index (κ1) is 13.1. The van der Waals surface area contributed by atoms with Crippen molar-refractivity contribution in [2.45, 2.75) is 12.8 Å². The maximum Gasteiger partial charge on any atom is 0.298 e. The van der Waals surface area contributed by atoms with Crippen molar-refractivity contribution in [1.82, 2.24) is 4.98 Å². The zero-order valence-corrected chi connectivity index (χ0v) is 12.4. The fourth-order valence-corrected chi connectivity index (χ4v) is 2.93. The third kappa shape index (κ3) is 2.39. The first-order valence-electron chi connectivity index (χ1n) is 7.78. The van der Waals surface area contributed by atoms with Crippen molar-refractivity contribution >= 4 is 6.01 Å². The van der Waals surface area contributed by atoms with E-state index in [0.29, 0.717) is 0 Å². The van der Waals surface area contributed by atoms with Crippen LogP contribution >= 0.6 is 0 Å². The molecule has 4 rings (SSSR count). The first-order valence-corrected chi connectivity index (χ1v) is 7.78. The number of aromatic nitrogens is 1. The molecule has 110 valence electrons. The van der Waals surface area contributed by atoms with Crippen molar-refractivity contribution in [3.8, 4) is 22.6 Å². The molecule has 3 nitrogen and oxygen atoms in total. The lowest BCUT2D eigenvalue weighted by molar-refractivity contribution is 0.560. The highest BCUT2D eigenvalue weighted by molar-refractivity contribution is 5.78. The van der Waals surface area contributed by atoms with E-state index in [1.165, 1.54) is 12.8 Å². The molecule has 22 heavy (non-hydrogen) atoms. The molecule has 0 spiro atoms. The second kappa shape index (κ2) is 5.68. The van der Waals surface area contributed by atoms with E-state index in [0.717, 1.165) is 41.7 Å². The van der Waals surface area contributed by atoms with Crippen LogP contribution in [0.15, 0.2) is 65.1 Å². The lowest BCUT2D eigenvalue weighted by Gasteiger charge is -2.10. The van der Waals surface area contributed by atoms with Gasteiger partial charge < -0.3 is 9.32 Å². The zero-order valence-electron chi connectivity index (χ0n) is 12.4. The predicted octanol–water partition coefficient (Wildman–Crippen LogP) is 4.61. The number of anilines is 1. The Morgan fingerprint density at radius 2 is 1.36 bits per heavy atom. The topological polar surface area (TPSA) is 29.3 Å². The van der Waals surface area contributed by atoms with Crippen molar-refractivity contribution in [2.75, 3.05) is 18.0 Å². The van der Waals surface area contributed by atoms with E-state index in [4.69, 9.17) is 9.40 Å². The largest absolute Gasteiger partial charge is 0.423 e. The fourth-order valence-electron chi connectivity index (χ4n) is 2.93. The van der Waals surface area contributed by atoms with Crippen molar-refractivity contribution in [3.05, 3.63) is 60.7 Å². The highest BCUT2D eigenvalue weighted by Crippen LogP contribution is 2.36. The molecule has 0 radical (unpaired) electrons. The average Bonchev–Trinajstić information content (AvgIpc) is 3.26. The minimum atomic E-state index is 0.746. The first-order chi connectivity index (χ1) is 10.9. The average molecular weight is 290 g/mol. The van der Waals surface area contributed by atoms with E-state index >= 15 is 0 Å². The molecule has 0 N–H and O–H groups in total. The van der Waals surface area contributed by atoms with Crippen LogP contribution in [-0.2, 0) is 0 Å². The van der Waals surface area contributed by atoms with Gasteiger partial charge in [0, 0.05) is 24.2 Å². The number of benzene rings is 2. The van der Waals surface area contributed by atoms with Gasteiger partial charge in [-0.05, 0) is 12.8 Å². The number of hydrogen-bond donors (Lipinski definition) is 0. The van der Waals surface area contributed by atoms with Gasteiger partial charge in [0.05, 0.1) is 0 Å². The Labute approximate surface area is 130 Å². The van der Waals surface area contributed by atoms with Gasteiger partial charge in [-0.25, -0.2) is 0 Å². The Bertz CT molecular complexity index is 687. The predicted molar refractivity (Wildman–Crippen MR) is 88.8 cm³/mol. The van der Waals surface area contributed by atoms with Crippen LogP contribution in [0.3, 0.4) is 0 Å². The van der Waals surface area contributed by atoms with Gasteiger partial charge in [0.2, 0.25) is 0 Å². The van der Waals surface area contributed by atoms with Crippen LogP contribution in [0.4, 0.5) is 6.01 Å². The summed E-state index contributed by atoms with van der Waals surface area (Å²) in [7, 11) is 0. The van der Waals surface area contributed by atoms with E-state index in [2.05, 4.69) is 29.2 Å². The molecule has 1 aliphatic heterocycles. The molecule has 0 unspecified atom stereocenters. The van der Waals surface area contributed by atoms with E-state index in [-0.39, 0.29) is 0 Å². The Morgan fingerprint density at radius 3 is 2.00 bits per heavy atom. The SMILES string of the molecule is c1ccc(-c2nc(N3CCCC3)oc2-c2ccccc2)cc1. The quantitative estimate of drug-likeness (QED) is 0.705. The Hall–Kier alpha value is -2.55. The summed E-state index contributed by atoms with van der Waals surface area (Å²) in [6.07, 6.45) is 2.42. The molecule has 3 aromatic rings. The second-order valence-electron chi connectivity index (χ2n) is 5.60. The van der Waals surface area contributed by atoms with E-state index in [9.17, 15) is 0 Å². The van der Waals surface area contributed by atoms with Gasteiger partial charge in [0.15, 0.2) is 5.76 Å². The van der Waals surface area contributed by atoms with Crippen LogP contribution in [0.2, 0.25) is 0 Å². The number of oxazole rings is 1. The van der Waals surface area contributed by atoms with Crippen molar-refractivity contribution in [3.63, 3.8) is 0 Å². The van der Waals surface area contributed by atoms with E-state index < -0.39 is 0 Å². The molecule has 1 aliphatic rings. The van der Waals surface area contributed by atoms with Crippen molar-refractivity contribution in [2.24, 2.45) is 0 Å². The lowest BCUT2D eigenvalue weighted by Crippen LogP contribution is -2.17.